The fourth-order valence-corrected chi connectivity index (χ4v) is 4.57. The maximum atomic E-state index is 11.2. The molecule has 1 N–H and O–H groups in total. The minimum Gasteiger partial charge on any atom is -0.492 e. The van der Waals surface area contributed by atoms with Gasteiger partial charge in [0.25, 0.3) is 0 Å². The van der Waals surface area contributed by atoms with Crippen LogP contribution in [-0.2, 0) is 13.1 Å². The number of aryl methyl sites for hydroxylation is 3. The van der Waals surface area contributed by atoms with Crippen molar-refractivity contribution in [2.24, 2.45) is 0 Å². The van der Waals surface area contributed by atoms with Crippen molar-refractivity contribution >= 4 is 11.6 Å². The highest BCUT2D eigenvalue weighted by Gasteiger charge is 2.34. The zero-order valence-electron chi connectivity index (χ0n) is 20.3. The van der Waals surface area contributed by atoms with E-state index in [2.05, 4.69) is 22.1 Å². The van der Waals surface area contributed by atoms with Gasteiger partial charge in [0.1, 0.15) is 30.3 Å². The predicted octanol–water partition coefficient (Wildman–Crippen LogP) is 4.95. The number of ether oxygens (including phenoxy) is 2. The van der Waals surface area contributed by atoms with Gasteiger partial charge < -0.3 is 14.6 Å². The second kappa shape index (κ2) is 10.8. The van der Waals surface area contributed by atoms with Gasteiger partial charge >= 0.3 is 0 Å². The Morgan fingerprint density at radius 2 is 1.79 bits per heavy atom. The van der Waals surface area contributed by atoms with Crippen LogP contribution < -0.4 is 9.47 Å². The summed E-state index contributed by atoms with van der Waals surface area (Å²) < 4.78 is 13.7. The SMILES string of the molecule is Cc1cnn(CCOc2ccc(CN3CCC[C@](O)(COc4cc(C)c(Cl)c(C)c4)C3)cc2)c1. The molecule has 0 radical (unpaired) electrons. The van der Waals surface area contributed by atoms with E-state index in [1.165, 1.54) is 5.56 Å². The Labute approximate surface area is 207 Å². The molecule has 1 saturated heterocycles. The van der Waals surface area contributed by atoms with Gasteiger partial charge in [-0.1, -0.05) is 23.7 Å². The summed E-state index contributed by atoms with van der Waals surface area (Å²) in [6, 6.07) is 12.1. The molecule has 182 valence electrons. The van der Waals surface area contributed by atoms with Gasteiger partial charge in [0.05, 0.1) is 12.7 Å². The number of β-amino-alcohol motifs (C(OH)–C–C–N with tert-alkyl or cyclic N) is 1. The number of aliphatic hydroxyl groups is 1. The van der Waals surface area contributed by atoms with E-state index in [4.69, 9.17) is 21.1 Å². The summed E-state index contributed by atoms with van der Waals surface area (Å²) in [6.07, 6.45) is 5.53. The van der Waals surface area contributed by atoms with E-state index in [1.807, 2.05) is 62.1 Å². The van der Waals surface area contributed by atoms with E-state index >= 15 is 0 Å². The van der Waals surface area contributed by atoms with Gasteiger partial charge in [-0.05, 0) is 86.7 Å². The van der Waals surface area contributed by atoms with E-state index in [-0.39, 0.29) is 6.61 Å². The van der Waals surface area contributed by atoms with Crippen molar-refractivity contribution in [3.63, 3.8) is 0 Å². The molecule has 2 aromatic carbocycles. The first-order chi connectivity index (χ1) is 16.3. The fraction of sp³-hybridized carbons (Fsp3) is 0.444. The average Bonchev–Trinajstić information content (AvgIpc) is 3.22. The third-order valence-corrected chi connectivity index (χ3v) is 6.83. The summed E-state index contributed by atoms with van der Waals surface area (Å²) >= 11 is 6.26. The molecular weight excluding hydrogens is 450 g/mol. The molecule has 3 aromatic rings. The van der Waals surface area contributed by atoms with E-state index in [0.717, 1.165) is 65.7 Å². The van der Waals surface area contributed by atoms with Crippen LogP contribution in [0.5, 0.6) is 11.5 Å². The topological polar surface area (TPSA) is 59.8 Å². The number of hydrogen-bond acceptors (Lipinski definition) is 5. The number of likely N-dealkylation sites (tertiary alicyclic amines) is 1. The van der Waals surface area contributed by atoms with Gasteiger partial charge in [-0.3, -0.25) is 9.58 Å². The normalized spacial score (nSPS) is 18.7. The molecule has 2 heterocycles. The highest BCUT2D eigenvalue weighted by molar-refractivity contribution is 6.32. The van der Waals surface area contributed by atoms with Crippen LogP contribution in [0, 0.1) is 20.8 Å². The van der Waals surface area contributed by atoms with Crippen LogP contribution >= 0.6 is 11.6 Å². The third kappa shape index (κ3) is 6.53. The largest absolute Gasteiger partial charge is 0.492 e. The first-order valence-corrected chi connectivity index (χ1v) is 12.2. The quantitative estimate of drug-likeness (QED) is 0.466. The Kier molecular flexibility index (Phi) is 7.81. The number of rotatable bonds is 9. The molecule has 1 aliphatic rings. The van der Waals surface area contributed by atoms with Gasteiger partial charge in [-0.2, -0.15) is 5.10 Å². The van der Waals surface area contributed by atoms with Crippen molar-refractivity contribution in [2.45, 2.75) is 52.3 Å². The summed E-state index contributed by atoms with van der Waals surface area (Å²) in [4.78, 5) is 2.29. The Morgan fingerprint density at radius 1 is 1.06 bits per heavy atom. The molecule has 0 aliphatic carbocycles. The molecule has 0 bridgehead atoms. The van der Waals surface area contributed by atoms with E-state index in [0.29, 0.717) is 13.2 Å². The smallest absolute Gasteiger partial charge is 0.120 e. The zero-order valence-corrected chi connectivity index (χ0v) is 21.0. The monoisotopic (exact) mass is 483 g/mol. The van der Waals surface area contributed by atoms with Crippen LogP contribution in [-0.4, -0.2) is 51.7 Å². The van der Waals surface area contributed by atoms with Crippen molar-refractivity contribution < 1.29 is 14.6 Å². The number of aromatic nitrogens is 2. The van der Waals surface area contributed by atoms with Crippen molar-refractivity contribution in [2.75, 3.05) is 26.3 Å². The lowest BCUT2D eigenvalue weighted by atomic mass is 9.93. The first-order valence-electron chi connectivity index (χ1n) is 11.8. The van der Waals surface area contributed by atoms with Crippen molar-refractivity contribution in [1.29, 1.82) is 0 Å². The van der Waals surface area contributed by atoms with Crippen LogP contribution in [0.3, 0.4) is 0 Å². The Balaban J connectivity index is 1.26. The molecule has 1 atom stereocenters. The first kappa shape index (κ1) is 24.6. The lowest BCUT2D eigenvalue weighted by Gasteiger charge is -2.39. The molecule has 6 nitrogen and oxygen atoms in total. The highest BCUT2D eigenvalue weighted by Crippen LogP contribution is 2.28. The highest BCUT2D eigenvalue weighted by atomic mass is 35.5. The van der Waals surface area contributed by atoms with E-state index in [9.17, 15) is 5.11 Å². The number of piperidine rings is 1. The van der Waals surface area contributed by atoms with Gasteiger partial charge in [-0.15, -0.1) is 0 Å². The maximum absolute atomic E-state index is 11.2. The Bertz CT molecular complexity index is 1080. The maximum Gasteiger partial charge on any atom is 0.120 e. The molecule has 0 spiro atoms. The lowest BCUT2D eigenvalue weighted by molar-refractivity contribution is -0.0621. The number of nitrogens with zero attached hydrogens (tertiary/aromatic N) is 3. The van der Waals surface area contributed by atoms with Gasteiger partial charge in [0.15, 0.2) is 0 Å². The average molecular weight is 484 g/mol. The molecule has 0 amide bonds. The van der Waals surface area contributed by atoms with Crippen LogP contribution in [0.1, 0.15) is 35.1 Å². The van der Waals surface area contributed by atoms with Gasteiger partial charge in [0.2, 0.25) is 0 Å². The van der Waals surface area contributed by atoms with Gasteiger partial charge in [0, 0.05) is 24.3 Å². The molecule has 1 fully saturated rings. The van der Waals surface area contributed by atoms with Crippen molar-refractivity contribution in [3.8, 4) is 11.5 Å². The zero-order chi connectivity index (χ0) is 24.1. The minimum atomic E-state index is -0.867. The Hall–Kier alpha value is -2.54. The molecular formula is C27H34ClN3O3. The second-order valence-corrected chi connectivity index (χ2v) is 9.85. The van der Waals surface area contributed by atoms with E-state index < -0.39 is 5.60 Å². The number of halogens is 1. The van der Waals surface area contributed by atoms with Crippen LogP contribution in [0.25, 0.3) is 0 Å². The minimum absolute atomic E-state index is 0.270. The molecule has 7 heteroatoms. The molecule has 0 saturated carbocycles. The predicted molar refractivity (Wildman–Crippen MR) is 135 cm³/mol. The molecule has 34 heavy (non-hydrogen) atoms. The lowest BCUT2D eigenvalue weighted by Crippen LogP contribution is -2.51. The molecule has 1 aromatic heterocycles. The number of hydrogen-bond donors (Lipinski definition) is 1. The summed E-state index contributed by atoms with van der Waals surface area (Å²) in [5.74, 6) is 1.60. The molecule has 0 unspecified atom stereocenters. The Morgan fingerprint density at radius 3 is 2.47 bits per heavy atom. The van der Waals surface area contributed by atoms with Crippen LogP contribution in [0.4, 0.5) is 0 Å². The second-order valence-electron chi connectivity index (χ2n) is 9.47. The van der Waals surface area contributed by atoms with Crippen molar-refractivity contribution in [1.82, 2.24) is 14.7 Å². The molecule has 4 rings (SSSR count). The summed E-state index contributed by atoms with van der Waals surface area (Å²) in [7, 11) is 0. The van der Waals surface area contributed by atoms with E-state index in [1.54, 1.807) is 0 Å². The summed E-state index contributed by atoms with van der Waals surface area (Å²) in [5.41, 5.74) is 3.45. The van der Waals surface area contributed by atoms with Crippen LogP contribution in [0.2, 0.25) is 5.02 Å². The standard InChI is InChI=1S/C27H34ClN3O3/c1-20-15-29-31(16-20)11-12-33-24-7-5-23(6-8-24)17-30-10-4-9-27(32,18-30)19-34-25-13-21(2)26(28)22(3)14-25/h5-8,13-16,32H,4,9-12,17-19H2,1-3H3/t27-/m1/s1. The summed E-state index contributed by atoms with van der Waals surface area (Å²) in [6.45, 7) is 9.86. The van der Waals surface area contributed by atoms with Crippen LogP contribution in [0.15, 0.2) is 48.8 Å². The molecule has 1 aliphatic heterocycles. The van der Waals surface area contributed by atoms with Gasteiger partial charge in [-0.25, -0.2) is 0 Å². The number of benzene rings is 2. The summed E-state index contributed by atoms with van der Waals surface area (Å²) in [5, 5.41) is 16.2. The third-order valence-electron chi connectivity index (χ3n) is 6.23. The van der Waals surface area contributed by atoms with Crippen molar-refractivity contribution in [3.05, 3.63) is 76.1 Å². The fourth-order valence-electron chi connectivity index (χ4n) is 4.46.